The molecule has 0 saturated carbocycles. The Bertz CT molecular complexity index is 1040. The van der Waals surface area contributed by atoms with Crippen molar-refractivity contribution in [3.8, 4) is 0 Å². The first-order valence-electron chi connectivity index (χ1n) is 9.07. The molecule has 1 N–H and O–H groups in total. The van der Waals surface area contributed by atoms with Crippen molar-refractivity contribution in [2.75, 3.05) is 13.1 Å². The lowest BCUT2D eigenvalue weighted by Crippen LogP contribution is -2.40. The Morgan fingerprint density at radius 2 is 2.15 bits per heavy atom. The number of aromatic amines is 1. The van der Waals surface area contributed by atoms with Crippen molar-refractivity contribution in [2.24, 2.45) is 0 Å². The molecule has 1 atom stereocenters. The van der Waals surface area contributed by atoms with Crippen molar-refractivity contribution >= 4 is 11.7 Å². The molecule has 0 aromatic carbocycles. The summed E-state index contributed by atoms with van der Waals surface area (Å²) in [6.07, 6.45) is 4.61. The molecular weight excluding hydrogens is 346 g/mol. The highest BCUT2D eigenvalue weighted by molar-refractivity contribution is 5.93. The predicted octanol–water partition coefficient (Wildman–Crippen LogP) is 1.35. The molecule has 1 amide bonds. The molecule has 140 valence electrons. The Kier molecular flexibility index (Phi) is 4.43. The third-order valence-electron chi connectivity index (χ3n) is 4.92. The Morgan fingerprint density at radius 1 is 1.30 bits per heavy atom. The maximum Gasteiger partial charge on any atom is 0.272 e. The molecule has 1 fully saturated rings. The molecule has 0 aliphatic carbocycles. The van der Waals surface area contributed by atoms with Gasteiger partial charge in [-0.25, -0.2) is 14.5 Å². The van der Waals surface area contributed by atoms with E-state index in [9.17, 15) is 9.59 Å². The fourth-order valence-electron chi connectivity index (χ4n) is 3.53. The predicted molar refractivity (Wildman–Crippen MR) is 97.6 cm³/mol. The van der Waals surface area contributed by atoms with Gasteiger partial charge in [-0.2, -0.15) is 10.1 Å². The summed E-state index contributed by atoms with van der Waals surface area (Å²) in [6.45, 7) is 5.27. The lowest BCUT2D eigenvalue weighted by Gasteiger charge is -2.32. The van der Waals surface area contributed by atoms with Crippen LogP contribution in [0.3, 0.4) is 0 Å². The lowest BCUT2D eigenvalue weighted by atomic mass is 9.94. The van der Waals surface area contributed by atoms with Gasteiger partial charge < -0.3 is 9.88 Å². The highest BCUT2D eigenvalue weighted by atomic mass is 16.2. The van der Waals surface area contributed by atoms with E-state index in [2.05, 4.69) is 25.0 Å². The third kappa shape index (κ3) is 3.32. The molecule has 4 rings (SSSR count). The van der Waals surface area contributed by atoms with Crippen LogP contribution in [0, 0.1) is 0 Å². The number of rotatable bonds is 3. The SMILES string of the molecule is CC(C)c1cc(C(=O)N2CCCC(c3cc(=O)[nH]cn3)C2)nc2ncnn12. The Balaban J connectivity index is 1.62. The number of nitrogens with zero attached hydrogens (tertiary/aromatic N) is 6. The van der Waals surface area contributed by atoms with Gasteiger partial charge in [0.05, 0.1) is 17.7 Å². The van der Waals surface area contributed by atoms with Gasteiger partial charge in [-0.05, 0) is 24.8 Å². The number of amides is 1. The molecule has 1 saturated heterocycles. The summed E-state index contributed by atoms with van der Waals surface area (Å²) >= 11 is 0. The summed E-state index contributed by atoms with van der Waals surface area (Å²) in [4.78, 5) is 41.8. The number of carbonyl (C=O) groups is 1. The van der Waals surface area contributed by atoms with Crippen LogP contribution in [0.15, 0.2) is 29.6 Å². The van der Waals surface area contributed by atoms with Crippen molar-refractivity contribution in [3.63, 3.8) is 0 Å². The molecule has 3 aromatic rings. The van der Waals surface area contributed by atoms with Crippen LogP contribution in [0.4, 0.5) is 0 Å². The van der Waals surface area contributed by atoms with Gasteiger partial charge in [0.2, 0.25) is 0 Å². The maximum absolute atomic E-state index is 13.1. The first kappa shape index (κ1) is 17.3. The van der Waals surface area contributed by atoms with E-state index in [4.69, 9.17) is 0 Å². The van der Waals surface area contributed by atoms with E-state index in [-0.39, 0.29) is 23.3 Å². The second-order valence-corrected chi connectivity index (χ2v) is 7.12. The second-order valence-electron chi connectivity index (χ2n) is 7.12. The quantitative estimate of drug-likeness (QED) is 0.748. The van der Waals surface area contributed by atoms with Crippen molar-refractivity contribution in [1.82, 2.24) is 34.4 Å². The monoisotopic (exact) mass is 367 g/mol. The Morgan fingerprint density at radius 3 is 2.93 bits per heavy atom. The van der Waals surface area contributed by atoms with E-state index in [1.54, 1.807) is 15.5 Å². The van der Waals surface area contributed by atoms with E-state index < -0.39 is 0 Å². The van der Waals surface area contributed by atoms with Crippen LogP contribution in [-0.2, 0) is 0 Å². The summed E-state index contributed by atoms with van der Waals surface area (Å²) in [7, 11) is 0. The van der Waals surface area contributed by atoms with Gasteiger partial charge in [0.15, 0.2) is 0 Å². The number of carbonyl (C=O) groups excluding carboxylic acids is 1. The fourth-order valence-corrected chi connectivity index (χ4v) is 3.53. The number of aromatic nitrogens is 6. The molecule has 0 bridgehead atoms. The third-order valence-corrected chi connectivity index (χ3v) is 4.92. The van der Waals surface area contributed by atoms with Crippen LogP contribution in [-0.4, -0.2) is 53.4 Å². The van der Waals surface area contributed by atoms with Crippen LogP contribution < -0.4 is 5.56 Å². The Labute approximate surface area is 155 Å². The number of nitrogens with one attached hydrogen (secondary N) is 1. The molecule has 3 aromatic heterocycles. The van der Waals surface area contributed by atoms with Crippen LogP contribution in [0.25, 0.3) is 5.78 Å². The van der Waals surface area contributed by atoms with Gasteiger partial charge >= 0.3 is 0 Å². The molecule has 9 nitrogen and oxygen atoms in total. The molecule has 1 unspecified atom stereocenters. The normalized spacial score (nSPS) is 17.6. The summed E-state index contributed by atoms with van der Waals surface area (Å²) in [5.74, 6) is 0.524. The van der Waals surface area contributed by atoms with Crippen molar-refractivity contribution in [2.45, 2.75) is 38.5 Å². The van der Waals surface area contributed by atoms with E-state index in [0.29, 0.717) is 24.6 Å². The lowest BCUT2D eigenvalue weighted by molar-refractivity contribution is 0.0699. The van der Waals surface area contributed by atoms with Crippen LogP contribution >= 0.6 is 0 Å². The van der Waals surface area contributed by atoms with E-state index in [1.165, 1.54) is 18.7 Å². The summed E-state index contributed by atoms with van der Waals surface area (Å²) < 4.78 is 1.67. The molecular formula is C18H21N7O2. The topological polar surface area (TPSA) is 109 Å². The zero-order valence-corrected chi connectivity index (χ0v) is 15.3. The van der Waals surface area contributed by atoms with Crippen LogP contribution in [0.1, 0.15) is 60.4 Å². The zero-order valence-electron chi connectivity index (χ0n) is 15.3. The van der Waals surface area contributed by atoms with E-state index >= 15 is 0 Å². The first-order valence-corrected chi connectivity index (χ1v) is 9.07. The van der Waals surface area contributed by atoms with Crippen molar-refractivity contribution in [1.29, 1.82) is 0 Å². The second kappa shape index (κ2) is 6.90. The minimum atomic E-state index is -0.177. The molecule has 9 heteroatoms. The number of likely N-dealkylation sites (tertiary alicyclic amines) is 1. The zero-order chi connectivity index (χ0) is 19.0. The average Bonchev–Trinajstić information content (AvgIpc) is 3.15. The Hall–Kier alpha value is -3.10. The minimum absolute atomic E-state index is 0.0476. The highest BCUT2D eigenvalue weighted by Gasteiger charge is 2.28. The molecule has 1 aliphatic rings. The first-order chi connectivity index (χ1) is 13.0. The maximum atomic E-state index is 13.1. The number of hydrogen-bond donors (Lipinski definition) is 1. The van der Waals surface area contributed by atoms with E-state index in [0.717, 1.165) is 24.2 Å². The largest absolute Gasteiger partial charge is 0.337 e. The number of H-pyrrole nitrogens is 1. The summed E-state index contributed by atoms with van der Waals surface area (Å²) in [5.41, 5.74) is 1.81. The summed E-state index contributed by atoms with van der Waals surface area (Å²) in [5, 5.41) is 4.19. The number of fused-ring (bicyclic) bond motifs is 1. The summed E-state index contributed by atoms with van der Waals surface area (Å²) in [6, 6.07) is 3.31. The standard InChI is InChI=1S/C18H21N7O2/c1-11(2)15-6-14(23-18-21-10-22-25(15)18)17(27)24-5-3-4-12(8-24)13-7-16(26)20-9-19-13/h6-7,9-12H,3-5,8H2,1-2H3,(H,19,20,26). The van der Waals surface area contributed by atoms with Gasteiger partial charge in [-0.3, -0.25) is 9.59 Å². The molecule has 0 radical (unpaired) electrons. The van der Waals surface area contributed by atoms with Crippen molar-refractivity contribution in [3.05, 3.63) is 52.2 Å². The smallest absolute Gasteiger partial charge is 0.272 e. The minimum Gasteiger partial charge on any atom is -0.337 e. The molecule has 0 spiro atoms. The number of piperidine rings is 1. The van der Waals surface area contributed by atoms with Gasteiger partial charge in [0.25, 0.3) is 17.2 Å². The van der Waals surface area contributed by atoms with Crippen LogP contribution in [0.2, 0.25) is 0 Å². The van der Waals surface area contributed by atoms with Gasteiger partial charge in [-0.15, -0.1) is 0 Å². The average molecular weight is 367 g/mol. The van der Waals surface area contributed by atoms with Gasteiger partial charge in [0, 0.05) is 25.1 Å². The van der Waals surface area contributed by atoms with E-state index in [1.807, 2.05) is 13.8 Å². The fraction of sp³-hybridized carbons (Fsp3) is 0.444. The molecule has 4 heterocycles. The van der Waals surface area contributed by atoms with Gasteiger partial charge in [0.1, 0.15) is 12.0 Å². The van der Waals surface area contributed by atoms with Gasteiger partial charge in [-0.1, -0.05) is 13.8 Å². The number of hydrogen-bond acceptors (Lipinski definition) is 6. The highest BCUT2D eigenvalue weighted by Crippen LogP contribution is 2.26. The van der Waals surface area contributed by atoms with Crippen molar-refractivity contribution < 1.29 is 4.79 Å². The molecule has 1 aliphatic heterocycles. The molecule has 27 heavy (non-hydrogen) atoms. The van der Waals surface area contributed by atoms with Crippen LogP contribution in [0.5, 0.6) is 0 Å².